The van der Waals surface area contributed by atoms with Gasteiger partial charge in [0, 0.05) is 42.2 Å². The van der Waals surface area contributed by atoms with Crippen molar-refractivity contribution < 1.29 is 9.59 Å². The summed E-state index contributed by atoms with van der Waals surface area (Å²) >= 11 is 0. The minimum absolute atomic E-state index is 0.0956. The van der Waals surface area contributed by atoms with Gasteiger partial charge in [-0.05, 0) is 37.5 Å². The number of carbonyl (C=O) groups is 2. The van der Waals surface area contributed by atoms with E-state index in [0.717, 1.165) is 25.8 Å². The lowest BCUT2D eigenvalue weighted by Crippen LogP contribution is -2.43. The molecule has 1 aromatic carbocycles. The number of hydrogen-bond acceptors (Lipinski definition) is 3. The van der Waals surface area contributed by atoms with Crippen molar-refractivity contribution in [1.29, 1.82) is 0 Å². The van der Waals surface area contributed by atoms with Crippen molar-refractivity contribution in [2.75, 3.05) is 18.4 Å². The Balaban J connectivity index is 1.75. The molecule has 0 radical (unpaired) electrons. The van der Waals surface area contributed by atoms with Crippen LogP contribution in [-0.4, -0.2) is 34.8 Å². The predicted octanol–water partition coefficient (Wildman–Crippen LogP) is 2.51. The van der Waals surface area contributed by atoms with Gasteiger partial charge >= 0.3 is 0 Å². The number of likely N-dealkylation sites (tertiary alicyclic amines) is 1. The van der Waals surface area contributed by atoms with Crippen LogP contribution in [0.3, 0.4) is 0 Å². The van der Waals surface area contributed by atoms with Crippen LogP contribution in [0.25, 0.3) is 10.8 Å². The zero-order chi connectivity index (χ0) is 17.8. The minimum Gasteiger partial charge on any atom is -0.342 e. The van der Waals surface area contributed by atoms with E-state index < -0.39 is 0 Å². The molecule has 1 atom stereocenters. The summed E-state index contributed by atoms with van der Waals surface area (Å²) in [6.45, 7) is 3.18. The van der Waals surface area contributed by atoms with Gasteiger partial charge in [0.05, 0.1) is 5.92 Å². The molecular weight excluding hydrogens is 318 g/mol. The number of hydrogen-bond donors (Lipinski definition) is 2. The molecule has 2 N–H and O–H groups in total. The van der Waals surface area contributed by atoms with Crippen molar-refractivity contribution in [2.24, 2.45) is 5.92 Å². The van der Waals surface area contributed by atoms with E-state index in [1.54, 1.807) is 35.4 Å². The highest BCUT2D eigenvalue weighted by atomic mass is 16.2. The van der Waals surface area contributed by atoms with Crippen molar-refractivity contribution in [3.8, 4) is 0 Å². The third-order valence-corrected chi connectivity index (χ3v) is 4.68. The first-order valence-electron chi connectivity index (χ1n) is 8.79. The van der Waals surface area contributed by atoms with Crippen LogP contribution >= 0.6 is 0 Å². The van der Waals surface area contributed by atoms with Gasteiger partial charge in [-0.2, -0.15) is 0 Å². The number of fused-ring (bicyclic) bond motifs is 1. The molecule has 0 saturated carbocycles. The standard InChI is InChI=1S/C19H23N3O3/c1-2-5-17(23)22-11-4-6-13(12-22)18(24)21-16-8-3-7-15-14(16)9-10-20-19(15)25/h3,7-10,13H,2,4-6,11-12H2,1H3,(H,20,25)(H,21,24). The molecule has 132 valence electrons. The average Bonchev–Trinajstić information content (AvgIpc) is 2.63. The lowest BCUT2D eigenvalue weighted by molar-refractivity contribution is -0.134. The Bertz CT molecular complexity index is 843. The van der Waals surface area contributed by atoms with E-state index in [0.29, 0.717) is 29.4 Å². The zero-order valence-electron chi connectivity index (χ0n) is 14.4. The smallest absolute Gasteiger partial charge is 0.255 e. The fraction of sp³-hybridized carbons (Fsp3) is 0.421. The van der Waals surface area contributed by atoms with Gasteiger partial charge in [0.2, 0.25) is 11.8 Å². The second-order valence-corrected chi connectivity index (χ2v) is 6.49. The maximum absolute atomic E-state index is 12.7. The van der Waals surface area contributed by atoms with Gasteiger partial charge in [0.25, 0.3) is 5.56 Å². The highest BCUT2D eigenvalue weighted by Gasteiger charge is 2.28. The molecule has 0 aliphatic carbocycles. The Hall–Kier alpha value is -2.63. The number of carbonyl (C=O) groups excluding carboxylic acids is 2. The summed E-state index contributed by atoms with van der Waals surface area (Å²) in [5, 5.41) is 4.21. The van der Waals surface area contributed by atoms with Crippen LogP contribution in [0.2, 0.25) is 0 Å². The van der Waals surface area contributed by atoms with Gasteiger partial charge in [0.1, 0.15) is 0 Å². The molecule has 6 nitrogen and oxygen atoms in total. The molecule has 2 heterocycles. The molecule has 2 amide bonds. The lowest BCUT2D eigenvalue weighted by atomic mass is 9.96. The highest BCUT2D eigenvalue weighted by molar-refractivity contribution is 6.02. The van der Waals surface area contributed by atoms with Crippen molar-refractivity contribution in [1.82, 2.24) is 9.88 Å². The summed E-state index contributed by atoms with van der Waals surface area (Å²) < 4.78 is 0. The van der Waals surface area contributed by atoms with E-state index in [4.69, 9.17) is 0 Å². The summed E-state index contributed by atoms with van der Waals surface area (Å²) in [7, 11) is 0. The Labute approximate surface area is 146 Å². The number of anilines is 1. The Morgan fingerprint density at radius 3 is 2.92 bits per heavy atom. The van der Waals surface area contributed by atoms with Crippen molar-refractivity contribution in [3.05, 3.63) is 40.8 Å². The number of H-pyrrole nitrogens is 1. The monoisotopic (exact) mass is 341 g/mol. The fourth-order valence-electron chi connectivity index (χ4n) is 3.35. The third-order valence-electron chi connectivity index (χ3n) is 4.68. The number of nitrogens with zero attached hydrogens (tertiary/aromatic N) is 1. The summed E-state index contributed by atoms with van der Waals surface area (Å²) in [5.74, 6) is -0.190. The molecule has 1 unspecified atom stereocenters. The SMILES string of the molecule is CCCC(=O)N1CCCC(C(=O)Nc2cccc3c(=O)[nH]ccc23)C1. The summed E-state index contributed by atoms with van der Waals surface area (Å²) in [6, 6.07) is 7.06. The number of pyridine rings is 1. The van der Waals surface area contributed by atoms with Crippen molar-refractivity contribution in [3.63, 3.8) is 0 Å². The molecule has 1 saturated heterocycles. The first-order valence-corrected chi connectivity index (χ1v) is 8.79. The van der Waals surface area contributed by atoms with Gasteiger partial charge in [-0.15, -0.1) is 0 Å². The molecule has 6 heteroatoms. The molecule has 2 aromatic rings. The van der Waals surface area contributed by atoms with E-state index in [1.165, 1.54) is 0 Å². The lowest BCUT2D eigenvalue weighted by Gasteiger charge is -2.32. The van der Waals surface area contributed by atoms with Crippen LogP contribution in [0, 0.1) is 5.92 Å². The Kier molecular flexibility index (Phi) is 5.16. The summed E-state index contributed by atoms with van der Waals surface area (Å²) in [5.41, 5.74) is 0.452. The molecule has 0 spiro atoms. The average molecular weight is 341 g/mol. The van der Waals surface area contributed by atoms with Gasteiger partial charge in [-0.1, -0.05) is 13.0 Å². The van der Waals surface area contributed by atoms with Crippen LogP contribution < -0.4 is 10.9 Å². The van der Waals surface area contributed by atoms with Crippen LogP contribution in [-0.2, 0) is 9.59 Å². The Morgan fingerprint density at radius 2 is 2.12 bits per heavy atom. The number of nitrogens with one attached hydrogen (secondary N) is 2. The molecule has 1 aliphatic heterocycles. The maximum Gasteiger partial charge on any atom is 0.255 e. The minimum atomic E-state index is -0.216. The first-order chi connectivity index (χ1) is 12.1. The van der Waals surface area contributed by atoms with Crippen LogP contribution in [0.4, 0.5) is 5.69 Å². The van der Waals surface area contributed by atoms with Gasteiger partial charge in [-0.25, -0.2) is 0 Å². The topological polar surface area (TPSA) is 82.3 Å². The number of benzene rings is 1. The normalized spacial score (nSPS) is 17.5. The van der Waals surface area contributed by atoms with E-state index in [9.17, 15) is 14.4 Å². The van der Waals surface area contributed by atoms with Gasteiger partial charge in [0.15, 0.2) is 0 Å². The molecule has 3 rings (SSSR count). The quantitative estimate of drug-likeness (QED) is 0.896. The predicted molar refractivity (Wildman–Crippen MR) is 97.4 cm³/mol. The first kappa shape index (κ1) is 17.2. The largest absolute Gasteiger partial charge is 0.342 e. The van der Waals surface area contributed by atoms with Crippen molar-refractivity contribution >= 4 is 28.3 Å². The second-order valence-electron chi connectivity index (χ2n) is 6.49. The van der Waals surface area contributed by atoms with E-state index in [1.807, 2.05) is 6.92 Å². The number of aromatic amines is 1. The van der Waals surface area contributed by atoms with Crippen LogP contribution in [0.1, 0.15) is 32.6 Å². The number of aromatic nitrogens is 1. The molecule has 1 aromatic heterocycles. The van der Waals surface area contributed by atoms with Crippen LogP contribution in [0.5, 0.6) is 0 Å². The van der Waals surface area contributed by atoms with Crippen molar-refractivity contribution in [2.45, 2.75) is 32.6 Å². The fourth-order valence-corrected chi connectivity index (χ4v) is 3.35. The van der Waals surface area contributed by atoms with Gasteiger partial charge in [-0.3, -0.25) is 14.4 Å². The van der Waals surface area contributed by atoms with E-state index in [-0.39, 0.29) is 23.3 Å². The molecule has 1 fully saturated rings. The number of amides is 2. The summed E-state index contributed by atoms with van der Waals surface area (Å²) in [6.07, 6.45) is 4.53. The van der Waals surface area contributed by atoms with Gasteiger partial charge < -0.3 is 15.2 Å². The summed E-state index contributed by atoms with van der Waals surface area (Å²) in [4.78, 5) is 41.1. The molecular formula is C19H23N3O3. The number of piperidine rings is 1. The van der Waals surface area contributed by atoms with E-state index >= 15 is 0 Å². The highest BCUT2D eigenvalue weighted by Crippen LogP contribution is 2.23. The van der Waals surface area contributed by atoms with E-state index in [2.05, 4.69) is 10.3 Å². The molecule has 25 heavy (non-hydrogen) atoms. The molecule has 1 aliphatic rings. The third kappa shape index (κ3) is 3.73. The Morgan fingerprint density at radius 1 is 1.28 bits per heavy atom. The molecule has 0 bridgehead atoms. The maximum atomic E-state index is 12.7. The second kappa shape index (κ2) is 7.51. The number of rotatable bonds is 4. The zero-order valence-corrected chi connectivity index (χ0v) is 14.4. The van der Waals surface area contributed by atoms with Crippen LogP contribution in [0.15, 0.2) is 35.3 Å².